The van der Waals surface area contributed by atoms with Crippen LogP contribution in [0.15, 0.2) is 0 Å². The third kappa shape index (κ3) is 12.1. The SMILES string of the molecule is C.C.CO[Si](C)(C)CCCOCCO. The molecule has 0 unspecified atom stereocenters. The Morgan fingerprint density at radius 1 is 1.14 bits per heavy atom. The first-order valence-electron chi connectivity index (χ1n) is 4.36. The number of aliphatic hydroxyl groups excluding tert-OH is 1. The van der Waals surface area contributed by atoms with E-state index in [1.807, 2.05) is 0 Å². The van der Waals surface area contributed by atoms with Crippen LogP contribution in [-0.4, -0.2) is 40.4 Å². The Hall–Kier alpha value is 0.0969. The minimum Gasteiger partial charge on any atom is -0.420 e. The molecule has 14 heavy (non-hydrogen) atoms. The lowest BCUT2D eigenvalue weighted by Crippen LogP contribution is -2.28. The molecule has 3 nitrogen and oxygen atoms in total. The summed E-state index contributed by atoms with van der Waals surface area (Å²) in [4.78, 5) is 0. The fourth-order valence-electron chi connectivity index (χ4n) is 0.869. The van der Waals surface area contributed by atoms with E-state index < -0.39 is 8.32 Å². The van der Waals surface area contributed by atoms with E-state index in [9.17, 15) is 0 Å². The van der Waals surface area contributed by atoms with Crippen molar-refractivity contribution < 1.29 is 14.3 Å². The number of rotatable bonds is 7. The van der Waals surface area contributed by atoms with E-state index in [2.05, 4.69) is 13.1 Å². The zero-order valence-electron chi connectivity index (χ0n) is 8.30. The number of hydrogen-bond donors (Lipinski definition) is 1. The van der Waals surface area contributed by atoms with Crippen molar-refractivity contribution in [2.75, 3.05) is 26.9 Å². The maximum Gasteiger partial charge on any atom is 0.186 e. The molecule has 0 amide bonds. The van der Waals surface area contributed by atoms with Crippen molar-refractivity contribution in [3.05, 3.63) is 0 Å². The Bertz CT molecular complexity index is 108. The predicted octanol–water partition coefficient (Wildman–Crippen LogP) is 2.51. The first kappa shape index (κ1) is 19.6. The van der Waals surface area contributed by atoms with Gasteiger partial charge in [0.1, 0.15) is 0 Å². The van der Waals surface area contributed by atoms with Crippen molar-refractivity contribution in [3.8, 4) is 0 Å². The fourth-order valence-corrected chi connectivity index (χ4v) is 2.07. The third-order valence-corrected chi connectivity index (χ3v) is 4.52. The van der Waals surface area contributed by atoms with E-state index in [4.69, 9.17) is 14.3 Å². The molecule has 0 rings (SSSR count). The lowest BCUT2D eigenvalue weighted by molar-refractivity contribution is 0.0922. The van der Waals surface area contributed by atoms with Crippen LogP contribution < -0.4 is 0 Å². The predicted molar refractivity (Wildman–Crippen MR) is 65.3 cm³/mol. The van der Waals surface area contributed by atoms with Crippen molar-refractivity contribution in [1.29, 1.82) is 0 Å². The van der Waals surface area contributed by atoms with Crippen molar-refractivity contribution in [1.82, 2.24) is 0 Å². The number of aliphatic hydroxyl groups is 1. The van der Waals surface area contributed by atoms with Gasteiger partial charge in [-0.05, 0) is 25.6 Å². The van der Waals surface area contributed by atoms with Crippen molar-refractivity contribution >= 4 is 8.32 Å². The second-order valence-corrected chi connectivity index (χ2v) is 7.83. The maximum atomic E-state index is 8.43. The van der Waals surface area contributed by atoms with Gasteiger partial charge in [-0.2, -0.15) is 0 Å². The van der Waals surface area contributed by atoms with E-state index in [1.165, 1.54) is 0 Å². The highest BCUT2D eigenvalue weighted by molar-refractivity contribution is 6.71. The molecule has 0 aromatic carbocycles. The van der Waals surface area contributed by atoms with E-state index in [1.54, 1.807) is 7.11 Å². The largest absolute Gasteiger partial charge is 0.420 e. The Labute approximate surface area is 90.6 Å². The first-order valence-corrected chi connectivity index (χ1v) is 7.47. The summed E-state index contributed by atoms with van der Waals surface area (Å²) in [6.45, 7) is 5.69. The summed E-state index contributed by atoms with van der Waals surface area (Å²) in [6.07, 6.45) is 1.03. The van der Waals surface area contributed by atoms with Gasteiger partial charge in [0.25, 0.3) is 0 Å². The second kappa shape index (κ2) is 11.2. The van der Waals surface area contributed by atoms with Gasteiger partial charge >= 0.3 is 0 Å². The molecule has 90 valence electrons. The van der Waals surface area contributed by atoms with Crippen LogP contribution in [0.3, 0.4) is 0 Å². The van der Waals surface area contributed by atoms with Gasteiger partial charge in [0.2, 0.25) is 0 Å². The fraction of sp³-hybridized carbons (Fsp3) is 1.00. The summed E-state index contributed by atoms with van der Waals surface area (Å²) in [6, 6.07) is 1.12. The minimum absolute atomic E-state index is 0. The Morgan fingerprint density at radius 2 is 1.71 bits per heavy atom. The summed E-state index contributed by atoms with van der Waals surface area (Å²) < 4.78 is 10.5. The third-order valence-electron chi connectivity index (χ3n) is 1.86. The van der Waals surface area contributed by atoms with Gasteiger partial charge in [0.05, 0.1) is 13.2 Å². The quantitative estimate of drug-likeness (QED) is 0.533. The highest BCUT2D eigenvalue weighted by Crippen LogP contribution is 2.11. The van der Waals surface area contributed by atoms with Crippen LogP contribution in [0.1, 0.15) is 21.3 Å². The molecule has 0 atom stereocenters. The molecule has 0 bridgehead atoms. The monoisotopic (exact) mass is 224 g/mol. The highest BCUT2D eigenvalue weighted by atomic mass is 28.4. The average Bonchev–Trinajstić information content (AvgIpc) is 2.04. The van der Waals surface area contributed by atoms with Crippen LogP contribution in [-0.2, 0) is 9.16 Å². The molecule has 0 spiro atoms. The average molecular weight is 224 g/mol. The topological polar surface area (TPSA) is 38.7 Å². The normalized spacial score (nSPS) is 10.3. The molecular formula is C10H28O3Si. The Balaban J connectivity index is -0.000000605. The van der Waals surface area contributed by atoms with Gasteiger partial charge in [-0.1, -0.05) is 14.9 Å². The lowest BCUT2D eigenvalue weighted by Gasteiger charge is -2.19. The van der Waals surface area contributed by atoms with E-state index in [0.717, 1.165) is 19.1 Å². The van der Waals surface area contributed by atoms with Crippen molar-refractivity contribution in [2.24, 2.45) is 0 Å². The van der Waals surface area contributed by atoms with Gasteiger partial charge in [-0.25, -0.2) is 0 Å². The number of ether oxygens (including phenoxy) is 1. The molecule has 0 aromatic heterocycles. The van der Waals surface area contributed by atoms with Crippen LogP contribution in [0.2, 0.25) is 19.1 Å². The summed E-state index contributed by atoms with van der Waals surface area (Å²) >= 11 is 0. The summed E-state index contributed by atoms with van der Waals surface area (Å²) in [5.74, 6) is 0. The standard InChI is InChI=1S/C8H20O3Si.2CH4/c1-10-12(2,3)8-4-6-11-7-5-9;;/h9H,4-8H2,1-3H3;2*1H4. The van der Waals surface area contributed by atoms with E-state index in [0.29, 0.717) is 6.61 Å². The smallest absolute Gasteiger partial charge is 0.186 e. The molecule has 4 heteroatoms. The first-order chi connectivity index (χ1) is 5.62. The van der Waals surface area contributed by atoms with Crippen LogP contribution in [0.4, 0.5) is 0 Å². The van der Waals surface area contributed by atoms with Gasteiger partial charge < -0.3 is 14.3 Å². The van der Waals surface area contributed by atoms with Crippen LogP contribution in [0, 0.1) is 0 Å². The van der Waals surface area contributed by atoms with Crippen LogP contribution in [0.25, 0.3) is 0 Å². The molecule has 0 aliphatic carbocycles. The minimum atomic E-state index is -1.38. The maximum absolute atomic E-state index is 8.43. The van der Waals surface area contributed by atoms with Crippen LogP contribution >= 0.6 is 0 Å². The van der Waals surface area contributed by atoms with Gasteiger partial charge in [0.15, 0.2) is 8.32 Å². The van der Waals surface area contributed by atoms with Gasteiger partial charge in [0, 0.05) is 13.7 Å². The summed E-state index contributed by atoms with van der Waals surface area (Å²) in [5, 5.41) is 8.43. The number of hydrogen-bond acceptors (Lipinski definition) is 3. The van der Waals surface area contributed by atoms with E-state index >= 15 is 0 Å². The Kier molecular flexibility index (Phi) is 15.7. The molecule has 0 saturated heterocycles. The lowest BCUT2D eigenvalue weighted by atomic mass is 10.5. The van der Waals surface area contributed by atoms with Crippen molar-refractivity contribution in [2.45, 2.75) is 40.4 Å². The zero-order chi connectivity index (χ0) is 9.45. The molecule has 0 aliphatic rings. The molecule has 0 aliphatic heterocycles. The zero-order valence-corrected chi connectivity index (χ0v) is 9.30. The molecular weight excluding hydrogens is 196 g/mol. The second-order valence-electron chi connectivity index (χ2n) is 3.40. The molecule has 0 aromatic rings. The summed E-state index contributed by atoms with van der Waals surface area (Å²) in [5.41, 5.74) is 0. The highest BCUT2D eigenvalue weighted by Gasteiger charge is 2.19. The summed E-state index contributed by atoms with van der Waals surface area (Å²) in [7, 11) is 0.399. The van der Waals surface area contributed by atoms with E-state index in [-0.39, 0.29) is 21.5 Å². The molecule has 0 saturated carbocycles. The van der Waals surface area contributed by atoms with Gasteiger partial charge in [-0.3, -0.25) is 0 Å². The molecule has 0 radical (unpaired) electrons. The van der Waals surface area contributed by atoms with Crippen LogP contribution in [0.5, 0.6) is 0 Å². The molecule has 1 N–H and O–H groups in total. The molecule has 0 fully saturated rings. The van der Waals surface area contributed by atoms with Gasteiger partial charge in [-0.15, -0.1) is 0 Å². The Morgan fingerprint density at radius 3 is 2.14 bits per heavy atom. The molecule has 0 heterocycles. The van der Waals surface area contributed by atoms with Crippen molar-refractivity contribution in [3.63, 3.8) is 0 Å².